The molecule has 0 aliphatic rings. The van der Waals surface area contributed by atoms with Gasteiger partial charge in [-0.25, -0.2) is 0 Å². The first kappa shape index (κ1) is 78.3. The summed E-state index contributed by atoms with van der Waals surface area (Å²) in [5.74, 6) is -0.930. The van der Waals surface area contributed by atoms with Crippen molar-refractivity contribution in [3.63, 3.8) is 0 Å². The van der Waals surface area contributed by atoms with Gasteiger partial charge in [0.15, 0.2) is 6.10 Å². The van der Waals surface area contributed by atoms with Crippen LogP contribution in [0.15, 0.2) is 146 Å². The summed E-state index contributed by atoms with van der Waals surface area (Å²) in [6.07, 6.45) is 99.9. The SMILES string of the molecule is CC/C=C\C/C=C\C/C=C\C/C=C\C/C=C\CCCCCCCC(=O)OC(COC(=O)CCCCCCCC/C=C\C/C=C\C/C=C\C/C=C\CC)COC(=O)CCCCCCCCCCCC/C=C\C/C=C\C/C=C\CCCCCCC. The molecule has 1 unspecified atom stereocenters. The van der Waals surface area contributed by atoms with Crippen molar-refractivity contribution in [2.24, 2.45) is 0 Å². The molecule has 470 valence electrons. The summed E-state index contributed by atoms with van der Waals surface area (Å²) >= 11 is 0. The van der Waals surface area contributed by atoms with Crippen LogP contribution in [0.25, 0.3) is 0 Å². The second-order valence-corrected chi connectivity index (χ2v) is 22.3. The van der Waals surface area contributed by atoms with E-state index < -0.39 is 6.10 Å². The van der Waals surface area contributed by atoms with Crippen molar-refractivity contribution in [3.8, 4) is 0 Å². The van der Waals surface area contributed by atoms with Crippen molar-refractivity contribution in [2.75, 3.05) is 13.2 Å². The van der Waals surface area contributed by atoms with Crippen LogP contribution < -0.4 is 0 Å². The smallest absolute Gasteiger partial charge is 0.306 e. The number of hydrogen-bond acceptors (Lipinski definition) is 6. The van der Waals surface area contributed by atoms with Crippen molar-refractivity contribution < 1.29 is 28.6 Å². The Morgan fingerprint density at radius 1 is 0.253 bits per heavy atom. The Balaban J connectivity index is 4.46. The van der Waals surface area contributed by atoms with E-state index in [4.69, 9.17) is 14.2 Å². The minimum absolute atomic E-state index is 0.0976. The standard InChI is InChI=1S/C77H126O6/c1-4-7-10-13-16-19-22-25-28-31-34-36-37-38-39-41-43-46-49-52-55-58-61-64-67-70-76(79)82-73-74(72-81-75(78)69-66-63-60-57-54-51-48-45-42-33-30-27-24-21-18-15-12-9-6-3)83-77(80)71-68-65-62-59-56-53-50-47-44-40-35-32-29-26-23-20-17-14-11-8-5-2/h8-9,11-12,17-18,20-22,25-27,29-31,34-35,37-38,40,42,45,47,50,74H,4-7,10,13-16,19,23-24,28,32-33,36,39,41,43-44,46,48-49,51-73H2,1-3H3/b11-8-,12-9-,20-17-,21-18-,25-22-,29-26-,30-27-,34-31-,38-37-,40-35-,45-42-,50-47-. The average molecular weight is 1150 g/mol. The van der Waals surface area contributed by atoms with Gasteiger partial charge < -0.3 is 14.2 Å². The average Bonchev–Trinajstić information content (AvgIpc) is 3.50. The van der Waals surface area contributed by atoms with E-state index in [1.54, 1.807) is 0 Å². The van der Waals surface area contributed by atoms with Gasteiger partial charge in [0.2, 0.25) is 0 Å². The van der Waals surface area contributed by atoms with Gasteiger partial charge >= 0.3 is 17.9 Å². The van der Waals surface area contributed by atoms with Gasteiger partial charge in [-0.1, -0.05) is 289 Å². The molecule has 6 heteroatoms. The van der Waals surface area contributed by atoms with Crippen molar-refractivity contribution in [1.82, 2.24) is 0 Å². The molecule has 6 nitrogen and oxygen atoms in total. The van der Waals surface area contributed by atoms with Crippen molar-refractivity contribution >= 4 is 17.9 Å². The number of carbonyl (C=O) groups excluding carboxylic acids is 3. The maximum atomic E-state index is 13.0. The summed E-state index contributed by atoms with van der Waals surface area (Å²) in [5, 5.41) is 0. The lowest BCUT2D eigenvalue weighted by Gasteiger charge is -2.18. The molecule has 1 atom stereocenters. The van der Waals surface area contributed by atoms with Crippen LogP contribution in [0.4, 0.5) is 0 Å². The maximum absolute atomic E-state index is 13.0. The number of hydrogen-bond donors (Lipinski definition) is 0. The molecule has 0 saturated carbocycles. The summed E-state index contributed by atoms with van der Waals surface area (Å²) < 4.78 is 17.0. The van der Waals surface area contributed by atoms with E-state index in [2.05, 4.69) is 167 Å². The molecule has 0 aliphatic carbocycles. The molecule has 0 fully saturated rings. The normalized spacial score (nSPS) is 13.0. The third-order valence-electron chi connectivity index (χ3n) is 14.3. The van der Waals surface area contributed by atoms with Crippen molar-refractivity contribution in [2.45, 2.75) is 309 Å². The highest BCUT2D eigenvalue weighted by Gasteiger charge is 2.19. The van der Waals surface area contributed by atoms with Gasteiger partial charge in [0.1, 0.15) is 13.2 Å². The lowest BCUT2D eigenvalue weighted by Crippen LogP contribution is -2.30. The Morgan fingerprint density at radius 2 is 0.470 bits per heavy atom. The van der Waals surface area contributed by atoms with Crippen LogP contribution in [0, 0.1) is 0 Å². The lowest BCUT2D eigenvalue weighted by atomic mass is 10.1. The first-order chi connectivity index (χ1) is 41.0. The second kappa shape index (κ2) is 69.8. The van der Waals surface area contributed by atoms with E-state index in [0.717, 1.165) is 161 Å². The van der Waals surface area contributed by atoms with E-state index in [9.17, 15) is 14.4 Å². The summed E-state index contributed by atoms with van der Waals surface area (Å²) in [5.41, 5.74) is 0. The topological polar surface area (TPSA) is 78.9 Å². The molecular weight excluding hydrogens is 1020 g/mol. The molecule has 0 amide bonds. The first-order valence-corrected chi connectivity index (χ1v) is 34.3. The molecule has 0 heterocycles. The molecule has 0 rings (SSSR count). The molecule has 0 aliphatic heterocycles. The highest BCUT2D eigenvalue weighted by molar-refractivity contribution is 5.71. The molecular formula is C77H126O6. The van der Waals surface area contributed by atoms with E-state index in [1.165, 1.54) is 103 Å². The number of unbranched alkanes of at least 4 members (excludes halogenated alkanes) is 26. The largest absolute Gasteiger partial charge is 0.462 e. The Bertz CT molecular complexity index is 1800. The van der Waals surface area contributed by atoms with Crippen LogP contribution in [0.3, 0.4) is 0 Å². The minimum Gasteiger partial charge on any atom is -0.462 e. The summed E-state index contributed by atoms with van der Waals surface area (Å²) in [6, 6.07) is 0. The molecule has 0 N–H and O–H groups in total. The van der Waals surface area contributed by atoms with Crippen LogP contribution in [-0.4, -0.2) is 37.2 Å². The second-order valence-electron chi connectivity index (χ2n) is 22.3. The fraction of sp³-hybridized carbons (Fsp3) is 0.649. The molecule has 0 aromatic heterocycles. The predicted molar refractivity (Wildman–Crippen MR) is 362 cm³/mol. The summed E-state index contributed by atoms with van der Waals surface area (Å²) in [7, 11) is 0. The molecule has 0 aromatic carbocycles. The van der Waals surface area contributed by atoms with Gasteiger partial charge in [-0.05, 0) is 141 Å². The fourth-order valence-corrected chi connectivity index (χ4v) is 9.23. The van der Waals surface area contributed by atoms with Crippen molar-refractivity contribution in [1.29, 1.82) is 0 Å². The quantitative estimate of drug-likeness (QED) is 0.0261. The fourth-order valence-electron chi connectivity index (χ4n) is 9.23. The molecule has 0 bridgehead atoms. The number of carbonyl (C=O) groups is 3. The Hall–Kier alpha value is -4.71. The zero-order valence-corrected chi connectivity index (χ0v) is 53.9. The van der Waals surface area contributed by atoms with Crippen LogP contribution in [0.1, 0.15) is 303 Å². The van der Waals surface area contributed by atoms with Crippen LogP contribution in [0.2, 0.25) is 0 Å². The van der Waals surface area contributed by atoms with Gasteiger partial charge in [-0.2, -0.15) is 0 Å². The molecule has 0 saturated heterocycles. The predicted octanol–water partition coefficient (Wildman–Crippen LogP) is 23.9. The minimum atomic E-state index is -0.806. The van der Waals surface area contributed by atoms with Gasteiger partial charge in [0.25, 0.3) is 0 Å². The number of ether oxygens (including phenoxy) is 3. The van der Waals surface area contributed by atoms with Crippen LogP contribution >= 0.6 is 0 Å². The van der Waals surface area contributed by atoms with E-state index >= 15 is 0 Å². The van der Waals surface area contributed by atoms with Gasteiger partial charge in [-0.3, -0.25) is 14.4 Å². The Kier molecular flexibility index (Phi) is 65.8. The van der Waals surface area contributed by atoms with Gasteiger partial charge in [0.05, 0.1) is 0 Å². The lowest BCUT2D eigenvalue weighted by molar-refractivity contribution is -0.167. The highest BCUT2D eigenvalue weighted by Crippen LogP contribution is 2.15. The Morgan fingerprint density at radius 3 is 0.735 bits per heavy atom. The van der Waals surface area contributed by atoms with Crippen LogP contribution in [-0.2, 0) is 28.6 Å². The molecule has 0 radical (unpaired) electrons. The molecule has 83 heavy (non-hydrogen) atoms. The van der Waals surface area contributed by atoms with Gasteiger partial charge in [0, 0.05) is 19.3 Å². The third-order valence-corrected chi connectivity index (χ3v) is 14.3. The summed E-state index contributed by atoms with van der Waals surface area (Å²) in [6.45, 7) is 6.39. The monoisotopic (exact) mass is 1150 g/mol. The van der Waals surface area contributed by atoms with E-state index in [1.807, 2.05) is 0 Å². The first-order valence-electron chi connectivity index (χ1n) is 34.3. The van der Waals surface area contributed by atoms with E-state index in [-0.39, 0.29) is 31.1 Å². The van der Waals surface area contributed by atoms with Crippen molar-refractivity contribution in [3.05, 3.63) is 146 Å². The third kappa shape index (κ3) is 68.0. The molecule has 0 aromatic rings. The highest BCUT2D eigenvalue weighted by atomic mass is 16.6. The van der Waals surface area contributed by atoms with Crippen LogP contribution in [0.5, 0.6) is 0 Å². The van der Waals surface area contributed by atoms with Gasteiger partial charge in [-0.15, -0.1) is 0 Å². The number of allylic oxidation sites excluding steroid dienone is 24. The number of rotatable bonds is 61. The zero-order chi connectivity index (χ0) is 59.9. The molecule has 0 spiro atoms. The van der Waals surface area contributed by atoms with E-state index in [0.29, 0.717) is 19.3 Å². The summed E-state index contributed by atoms with van der Waals surface area (Å²) in [4.78, 5) is 38.5. The number of esters is 3. The maximum Gasteiger partial charge on any atom is 0.306 e. The Labute approximate surface area is 512 Å². The zero-order valence-electron chi connectivity index (χ0n) is 53.9.